The molecule has 176 valence electrons. The molecule has 1 aromatic heterocycles. The normalized spacial score (nSPS) is 14.9. The maximum atomic E-state index is 12.9. The van der Waals surface area contributed by atoms with Crippen LogP contribution in [0.1, 0.15) is 71.1 Å². The molecule has 0 aliphatic heterocycles. The minimum atomic E-state index is -1.05. The van der Waals surface area contributed by atoms with Crippen molar-refractivity contribution in [2.45, 2.75) is 58.4 Å². The third kappa shape index (κ3) is 5.16. The number of amides is 1. The van der Waals surface area contributed by atoms with Crippen LogP contribution in [-0.2, 0) is 19.1 Å². The molecule has 8 nitrogen and oxygen atoms in total. The molecule has 1 amide bonds. The van der Waals surface area contributed by atoms with Gasteiger partial charge in [-0.3, -0.25) is 9.59 Å². The third-order valence-corrected chi connectivity index (χ3v) is 6.13. The van der Waals surface area contributed by atoms with Crippen LogP contribution < -0.4 is 5.32 Å². The Labute approximate surface area is 193 Å². The summed E-state index contributed by atoms with van der Waals surface area (Å²) in [7, 11) is 1.33. The van der Waals surface area contributed by atoms with E-state index in [1.165, 1.54) is 14.0 Å². The van der Waals surface area contributed by atoms with Crippen molar-refractivity contribution in [2.75, 3.05) is 13.7 Å². The van der Waals surface area contributed by atoms with Gasteiger partial charge in [-0.25, -0.2) is 9.59 Å². The van der Waals surface area contributed by atoms with Crippen molar-refractivity contribution in [3.05, 3.63) is 52.8 Å². The SMILES string of the molecule is COC(=O)c1ccc(-n2c(C)cc(C(=O)COC(=O)C3(NC(C)=O)CCCCC3)c2C)cc1. The summed E-state index contributed by atoms with van der Waals surface area (Å²) in [4.78, 5) is 49.1. The number of aromatic nitrogens is 1. The van der Waals surface area contributed by atoms with Crippen molar-refractivity contribution >= 4 is 23.6 Å². The zero-order valence-electron chi connectivity index (χ0n) is 19.5. The second kappa shape index (κ2) is 10.0. The highest BCUT2D eigenvalue weighted by Crippen LogP contribution is 2.30. The van der Waals surface area contributed by atoms with Crippen LogP contribution >= 0.6 is 0 Å². The first-order chi connectivity index (χ1) is 15.7. The third-order valence-electron chi connectivity index (χ3n) is 6.13. The summed E-state index contributed by atoms with van der Waals surface area (Å²) in [6.45, 7) is 4.67. The van der Waals surface area contributed by atoms with Gasteiger partial charge in [0.05, 0.1) is 12.7 Å². The fraction of sp³-hybridized carbons (Fsp3) is 0.440. The van der Waals surface area contributed by atoms with Gasteiger partial charge in [0.25, 0.3) is 0 Å². The first-order valence-electron chi connectivity index (χ1n) is 11.1. The predicted octanol–water partition coefficient (Wildman–Crippen LogP) is 3.45. The quantitative estimate of drug-likeness (QED) is 0.508. The molecule has 1 N–H and O–H groups in total. The number of nitrogens with zero attached hydrogens (tertiary/aromatic N) is 1. The Bertz CT molecular complexity index is 1060. The van der Waals surface area contributed by atoms with E-state index in [4.69, 9.17) is 9.47 Å². The van der Waals surface area contributed by atoms with Crippen LogP contribution in [0.5, 0.6) is 0 Å². The fourth-order valence-electron chi connectivity index (χ4n) is 4.53. The average molecular weight is 455 g/mol. The number of hydrogen-bond donors (Lipinski definition) is 1. The van der Waals surface area contributed by atoms with Crippen molar-refractivity contribution in [2.24, 2.45) is 0 Å². The van der Waals surface area contributed by atoms with Crippen molar-refractivity contribution in [1.82, 2.24) is 9.88 Å². The fourth-order valence-corrected chi connectivity index (χ4v) is 4.53. The lowest BCUT2D eigenvalue weighted by atomic mass is 9.81. The molecule has 33 heavy (non-hydrogen) atoms. The molecule has 1 heterocycles. The van der Waals surface area contributed by atoms with Crippen LogP contribution in [0.3, 0.4) is 0 Å². The molecule has 0 spiro atoms. The Kier molecular flexibility index (Phi) is 7.36. The number of methoxy groups -OCH3 is 1. The second-order valence-electron chi connectivity index (χ2n) is 8.48. The summed E-state index contributed by atoms with van der Waals surface area (Å²) in [5.41, 5.74) is 2.16. The van der Waals surface area contributed by atoms with E-state index >= 15 is 0 Å². The molecule has 1 aromatic carbocycles. The van der Waals surface area contributed by atoms with Gasteiger partial charge >= 0.3 is 11.9 Å². The average Bonchev–Trinajstić information content (AvgIpc) is 3.10. The number of nitrogens with one attached hydrogen (secondary N) is 1. The van der Waals surface area contributed by atoms with Gasteiger partial charge in [-0.05, 0) is 57.0 Å². The van der Waals surface area contributed by atoms with E-state index in [1.54, 1.807) is 30.3 Å². The Balaban J connectivity index is 1.75. The number of esters is 2. The number of rotatable bonds is 7. The number of carbonyl (C=O) groups excluding carboxylic acids is 4. The topological polar surface area (TPSA) is 104 Å². The smallest absolute Gasteiger partial charge is 0.337 e. The lowest BCUT2D eigenvalue weighted by Gasteiger charge is -2.35. The van der Waals surface area contributed by atoms with Crippen LogP contribution in [0, 0.1) is 13.8 Å². The van der Waals surface area contributed by atoms with E-state index in [1.807, 2.05) is 18.4 Å². The second-order valence-corrected chi connectivity index (χ2v) is 8.48. The number of benzene rings is 1. The van der Waals surface area contributed by atoms with Gasteiger partial charge in [-0.2, -0.15) is 0 Å². The molecule has 3 rings (SSSR count). The molecule has 1 aliphatic rings. The maximum absolute atomic E-state index is 12.9. The molecule has 0 atom stereocenters. The summed E-state index contributed by atoms with van der Waals surface area (Å²) >= 11 is 0. The van der Waals surface area contributed by atoms with E-state index < -0.39 is 24.1 Å². The van der Waals surface area contributed by atoms with Gasteiger partial charge in [-0.1, -0.05) is 19.3 Å². The minimum Gasteiger partial charge on any atom is -0.465 e. The monoisotopic (exact) mass is 454 g/mol. The molecule has 0 bridgehead atoms. The molecule has 2 aromatic rings. The van der Waals surface area contributed by atoms with Gasteiger partial charge in [-0.15, -0.1) is 0 Å². The molecule has 8 heteroatoms. The van der Waals surface area contributed by atoms with Crippen LogP contribution in [-0.4, -0.2) is 47.5 Å². The van der Waals surface area contributed by atoms with E-state index in [0.717, 1.165) is 30.6 Å². The molecule has 1 fully saturated rings. The lowest BCUT2D eigenvalue weighted by molar-refractivity contribution is -0.154. The minimum absolute atomic E-state index is 0.290. The van der Waals surface area contributed by atoms with Gasteiger partial charge in [0.15, 0.2) is 6.61 Å². The van der Waals surface area contributed by atoms with Crippen molar-refractivity contribution < 1.29 is 28.7 Å². The molecule has 0 saturated heterocycles. The molecule has 0 unspecified atom stereocenters. The summed E-state index contributed by atoms with van der Waals surface area (Å²) in [5.74, 6) is -1.59. The standard InChI is InChI=1S/C25H30N2O6/c1-16-14-21(17(2)27(16)20-10-8-19(9-11-20)23(30)32-4)22(29)15-33-24(31)25(26-18(3)28)12-6-5-7-13-25/h8-11,14H,5-7,12-13,15H2,1-4H3,(H,26,28). The van der Waals surface area contributed by atoms with E-state index in [0.29, 0.717) is 29.7 Å². The Morgan fingerprint density at radius 3 is 2.24 bits per heavy atom. The first kappa shape index (κ1) is 24.2. The Hall–Kier alpha value is -3.42. The Morgan fingerprint density at radius 1 is 1.03 bits per heavy atom. The van der Waals surface area contributed by atoms with E-state index in [9.17, 15) is 19.2 Å². The van der Waals surface area contributed by atoms with Crippen LogP contribution in [0.2, 0.25) is 0 Å². The summed E-state index contributed by atoms with van der Waals surface area (Å²) in [5, 5.41) is 2.76. The number of hydrogen-bond acceptors (Lipinski definition) is 6. The van der Waals surface area contributed by atoms with E-state index in [-0.39, 0.29) is 11.7 Å². The van der Waals surface area contributed by atoms with Crippen molar-refractivity contribution in [1.29, 1.82) is 0 Å². The maximum Gasteiger partial charge on any atom is 0.337 e. The van der Waals surface area contributed by atoms with Crippen molar-refractivity contribution in [3.8, 4) is 5.69 Å². The zero-order valence-corrected chi connectivity index (χ0v) is 19.5. The highest BCUT2D eigenvalue weighted by Gasteiger charge is 2.42. The molecule has 0 radical (unpaired) electrons. The van der Waals surface area contributed by atoms with Crippen LogP contribution in [0.15, 0.2) is 30.3 Å². The number of aryl methyl sites for hydroxylation is 1. The summed E-state index contributed by atoms with van der Waals surface area (Å²) < 4.78 is 12.0. The van der Waals surface area contributed by atoms with Gasteiger partial charge < -0.3 is 19.4 Å². The molecular formula is C25H30N2O6. The number of ether oxygens (including phenoxy) is 2. The largest absolute Gasteiger partial charge is 0.465 e. The van der Waals surface area contributed by atoms with Gasteiger partial charge in [0, 0.05) is 29.6 Å². The number of carbonyl (C=O) groups is 4. The molecule has 1 saturated carbocycles. The van der Waals surface area contributed by atoms with Crippen LogP contribution in [0.25, 0.3) is 5.69 Å². The molecule has 1 aliphatic carbocycles. The Morgan fingerprint density at radius 2 is 1.67 bits per heavy atom. The van der Waals surface area contributed by atoms with E-state index in [2.05, 4.69) is 5.32 Å². The molecular weight excluding hydrogens is 424 g/mol. The zero-order chi connectivity index (χ0) is 24.2. The lowest BCUT2D eigenvalue weighted by Crippen LogP contribution is -2.56. The number of Topliss-reactive ketones (excluding diaryl/α,β-unsaturated/α-hetero) is 1. The van der Waals surface area contributed by atoms with Gasteiger partial charge in [0.2, 0.25) is 11.7 Å². The number of ketones is 1. The first-order valence-corrected chi connectivity index (χ1v) is 11.1. The highest BCUT2D eigenvalue weighted by atomic mass is 16.5. The highest BCUT2D eigenvalue weighted by molar-refractivity contribution is 6.00. The van der Waals surface area contributed by atoms with Gasteiger partial charge in [0.1, 0.15) is 5.54 Å². The van der Waals surface area contributed by atoms with Crippen LogP contribution in [0.4, 0.5) is 0 Å². The van der Waals surface area contributed by atoms with Crippen molar-refractivity contribution in [3.63, 3.8) is 0 Å². The summed E-state index contributed by atoms with van der Waals surface area (Å²) in [6, 6.07) is 8.63. The predicted molar refractivity (Wildman–Crippen MR) is 122 cm³/mol. The summed E-state index contributed by atoms with van der Waals surface area (Å²) in [6.07, 6.45) is 3.66.